The van der Waals surface area contributed by atoms with Gasteiger partial charge in [0.2, 0.25) is 10.0 Å². The van der Waals surface area contributed by atoms with Gasteiger partial charge in [-0.1, -0.05) is 43.7 Å². The molecule has 9 heteroatoms. The number of nitrogens with one attached hydrogen (secondary N) is 1. The van der Waals surface area contributed by atoms with E-state index in [4.69, 9.17) is 14.2 Å². The summed E-state index contributed by atoms with van der Waals surface area (Å²) in [5, 5.41) is 0. The number of sulfonamides is 1. The number of piperidine rings is 1. The molecule has 0 bridgehead atoms. The van der Waals surface area contributed by atoms with Crippen LogP contribution in [0.3, 0.4) is 0 Å². The van der Waals surface area contributed by atoms with Crippen molar-refractivity contribution < 1.29 is 27.4 Å². The monoisotopic (exact) mass is 508 g/mol. The van der Waals surface area contributed by atoms with Crippen LogP contribution in [0.4, 0.5) is 4.79 Å². The van der Waals surface area contributed by atoms with Gasteiger partial charge in [0.25, 0.3) is 0 Å². The number of hydrogen-bond acceptors (Lipinski definition) is 6. The molecule has 2 saturated heterocycles. The highest BCUT2D eigenvalue weighted by molar-refractivity contribution is 7.89. The Hall–Kier alpha value is -1.68. The zero-order valence-electron chi connectivity index (χ0n) is 20.8. The van der Waals surface area contributed by atoms with Crippen molar-refractivity contribution in [3.05, 3.63) is 35.9 Å². The van der Waals surface area contributed by atoms with Crippen LogP contribution < -0.4 is 4.72 Å². The third-order valence-corrected chi connectivity index (χ3v) is 9.07. The molecule has 1 amide bonds. The van der Waals surface area contributed by atoms with Crippen LogP contribution in [0.15, 0.2) is 30.3 Å². The first kappa shape index (κ1) is 26.4. The molecule has 196 valence electrons. The number of likely N-dealkylation sites (tertiary alicyclic amines) is 1. The lowest BCUT2D eigenvalue weighted by Gasteiger charge is -2.48. The molecule has 2 heterocycles. The lowest BCUT2D eigenvalue weighted by Crippen LogP contribution is -2.69. The van der Waals surface area contributed by atoms with E-state index < -0.39 is 27.7 Å². The predicted octanol–water partition coefficient (Wildman–Crippen LogP) is 3.82. The van der Waals surface area contributed by atoms with Crippen molar-refractivity contribution in [2.24, 2.45) is 0 Å². The number of amides is 1. The highest BCUT2D eigenvalue weighted by Gasteiger charge is 2.50. The van der Waals surface area contributed by atoms with E-state index in [2.05, 4.69) is 29.0 Å². The second-order valence-electron chi connectivity index (χ2n) is 10.1. The van der Waals surface area contributed by atoms with Crippen LogP contribution in [0.25, 0.3) is 0 Å². The summed E-state index contributed by atoms with van der Waals surface area (Å²) in [6.45, 7) is 3.55. The molecule has 3 fully saturated rings. The van der Waals surface area contributed by atoms with E-state index in [-0.39, 0.29) is 31.7 Å². The van der Waals surface area contributed by atoms with Crippen LogP contribution in [0.2, 0.25) is 0 Å². The SMILES string of the molecule is CCCCOC(=O)N1CCC[C@@]2(COCCS(=O)(=O)N2)[C@@H]1COC1CCC(c2ccccc2)CC1. The van der Waals surface area contributed by atoms with Crippen molar-refractivity contribution in [3.8, 4) is 0 Å². The topological polar surface area (TPSA) is 94.2 Å². The molecule has 0 unspecified atom stereocenters. The van der Waals surface area contributed by atoms with Crippen molar-refractivity contribution >= 4 is 16.1 Å². The molecule has 1 aromatic carbocycles. The molecule has 1 aliphatic carbocycles. The largest absolute Gasteiger partial charge is 0.449 e. The maximum Gasteiger partial charge on any atom is 0.410 e. The number of hydrogen-bond donors (Lipinski definition) is 1. The van der Waals surface area contributed by atoms with E-state index in [1.165, 1.54) is 5.56 Å². The highest BCUT2D eigenvalue weighted by atomic mass is 32.2. The van der Waals surface area contributed by atoms with Gasteiger partial charge < -0.3 is 19.1 Å². The van der Waals surface area contributed by atoms with Crippen molar-refractivity contribution in [2.45, 2.75) is 81.9 Å². The molecule has 1 aromatic rings. The predicted molar refractivity (Wildman–Crippen MR) is 134 cm³/mol. The number of carbonyl (C=O) groups is 1. The third-order valence-electron chi connectivity index (χ3n) is 7.64. The molecule has 1 N–H and O–H groups in total. The van der Waals surface area contributed by atoms with Crippen molar-refractivity contribution in [1.29, 1.82) is 0 Å². The van der Waals surface area contributed by atoms with E-state index in [0.29, 0.717) is 31.9 Å². The number of unbranched alkanes of at least 4 members (excludes halogenated alkanes) is 1. The summed E-state index contributed by atoms with van der Waals surface area (Å²) in [7, 11) is -3.52. The quantitative estimate of drug-likeness (QED) is 0.563. The van der Waals surface area contributed by atoms with E-state index in [1.54, 1.807) is 4.90 Å². The summed E-state index contributed by atoms with van der Waals surface area (Å²) in [4.78, 5) is 14.7. The Morgan fingerprint density at radius 3 is 2.71 bits per heavy atom. The van der Waals surface area contributed by atoms with E-state index in [0.717, 1.165) is 38.5 Å². The minimum absolute atomic E-state index is 0.0766. The molecule has 8 nitrogen and oxygen atoms in total. The maximum atomic E-state index is 13.0. The van der Waals surface area contributed by atoms with Crippen LogP contribution in [-0.4, -0.2) is 75.8 Å². The van der Waals surface area contributed by atoms with Gasteiger partial charge in [0.1, 0.15) is 0 Å². The molecule has 1 saturated carbocycles. The van der Waals surface area contributed by atoms with Crippen LogP contribution in [0.1, 0.15) is 69.8 Å². The van der Waals surface area contributed by atoms with Gasteiger partial charge in [0, 0.05) is 6.54 Å². The van der Waals surface area contributed by atoms with Crippen molar-refractivity contribution in [1.82, 2.24) is 9.62 Å². The number of benzene rings is 1. The zero-order chi connectivity index (χ0) is 24.7. The Bertz CT molecular complexity index is 919. The van der Waals surface area contributed by atoms with Gasteiger partial charge in [-0.3, -0.25) is 0 Å². The van der Waals surface area contributed by atoms with Crippen LogP contribution in [-0.2, 0) is 24.2 Å². The van der Waals surface area contributed by atoms with E-state index in [9.17, 15) is 13.2 Å². The summed E-state index contributed by atoms with van der Waals surface area (Å²) in [5.74, 6) is 0.469. The fourth-order valence-electron chi connectivity index (χ4n) is 5.66. The fourth-order valence-corrected chi connectivity index (χ4v) is 7.01. The summed E-state index contributed by atoms with van der Waals surface area (Å²) < 4.78 is 46.0. The number of nitrogens with zero attached hydrogens (tertiary/aromatic N) is 1. The van der Waals surface area contributed by atoms with Gasteiger partial charge in [-0.15, -0.1) is 0 Å². The molecule has 35 heavy (non-hydrogen) atoms. The van der Waals surface area contributed by atoms with E-state index in [1.807, 2.05) is 13.0 Å². The summed E-state index contributed by atoms with van der Waals surface area (Å²) in [6.07, 6.45) is 6.71. The first-order valence-corrected chi connectivity index (χ1v) is 14.8. The van der Waals surface area contributed by atoms with Gasteiger partial charge in [-0.25, -0.2) is 17.9 Å². The molecule has 3 aliphatic rings. The normalized spacial score (nSPS) is 31.1. The Morgan fingerprint density at radius 1 is 1.20 bits per heavy atom. The molecule has 0 aromatic heterocycles. The van der Waals surface area contributed by atoms with Crippen LogP contribution >= 0.6 is 0 Å². The fraction of sp³-hybridized carbons (Fsp3) is 0.731. The average Bonchev–Trinajstić information content (AvgIpc) is 3.01. The number of rotatable bonds is 7. The Morgan fingerprint density at radius 2 is 1.97 bits per heavy atom. The Labute approximate surface area is 209 Å². The first-order valence-electron chi connectivity index (χ1n) is 13.1. The van der Waals surface area contributed by atoms with Gasteiger partial charge in [0.15, 0.2) is 0 Å². The molecule has 4 rings (SSSR count). The molecule has 0 radical (unpaired) electrons. The van der Waals surface area contributed by atoms with Gasteiger partial charge in [0.05, 0.1) is 49.9 Å². The minimum Gasteiger partial charge on any atom is -0.449 e. The standard InChI is InChI=1S/C26H40N2O6S/c1-2-3-16-33-25(29)28-15-7-14-26(20-32-17-18-35(30,31)27-26)24(28)19-34-23-12-10-22(11-13-23)21-8-5-4-6-9-21/h4-6,8-9,22-24,27H,2-3,7,10-20H2,1H3/t22?,23?,24-,26+/m0/s1. The van der Waals surface area contributed by atoms with Crippen molar-refractivity contribution in [2.75, 3.05) is 38.7 Å². The molecule has 2 aliphatic heterocycles. The minimum atomic E-state index is -3.52. The maximum absolute atomic E-state index is 13.0. The lowest BCUT2D eigenvalue weighted by molar-refractivity contribution is -0.0620. The molecular formula is C26H40N2O6S. The highest BCUT2D eigenvalue weighted by Crippen LogP contribution is 2.36. The average molecular weight is 509 g/mol. The van der Waals surface area contributed by atoms with Gasteiger partial charge >= 0.3 is 6.09 Å². The number of ether oxygens (including phenoxy) is 3. The zero-order valence-corrected chi connectivity index (χ0v) is 21.6. The van der Waals surface area contributed by atoms with Crippen LogP contribution in [0, 0.1) is 0 Å². The molecule has 1 spiro atoms. The van der Waals surface area contributed by atoms with Gasteiger partial charge in [-0.2, -0.15) is 0 Å². The van der Waals surface area contributed by atoms with Crippen LogP contribution in [0.5, 0.6) is 0 Å². The first-order chi connectivity index (χ1) is 16.9. The Balaban J connectivity index is 1.45. The second-order valence-corrected chi connectivity index (χ2v) is 12.0. The third kappa shape index (κ3) is 6.76. The smallest absolute Gasteiger partial charge is 0.410 e. The summed E-state index contributed by atoms with van der Waals surface area (Å²) >= 11 is 0. The Kier molecular flexibility index (Phi) is 9.07. The van der Waals surface area contributed by atoms with Crippen molar-refractivity contribution in [3.63, 3.8) is 0 Å². The molecule has 2 atom stereocenters. The van der Waals surface area contributed by atoms with E-state index >= 15 is 0 Å². The molecular weight excluding hydrogens is 468 g/mol. The van der Waals surface area contributed by atoms with Gasteiger partial charge in [-0.05, 0) is 56.4 Å². The summed E-state index contributed by atoms with van der Waals surface area (Å²) in [5.41, 5.74) is 0.474. The number of carbonyl (C=O) groups excluding carboxylic acids is 1. The summed E-state index contributed by atoms with van der Waals surface area (Å²) in [6, 6.07) is 10.1. The lowest BCUT2D eigenvalue weighted by atomic mass is 9.82. The second kappa shape index (κ2) is 12.0.